The summed E-state index contributed by atoms with van der Waals surface area (Å²) >= 11 is 0. The highest BCUT2D eigenvalue weighted by Crippen LogP contribution is 2.28. The van der Waals surface area contributed by atoms with Crippen LogP contribution in [0, 0.1) is 11.6 Å². The number of unbranched alkanes of at least 4 members (excludes halogenated alkanes) is 1. The summed E-state index contributed by atoms with van der Waals surface area (Å²) in [6.07, 6.45) is 2.92. The molecular formula is C13H17F2N3. The standard InChI is InChI=1S/C13H17F2N3/c1-3-4-5-8(2)18-12-10(17-13(18)16)7-6-9(14)11(12)15/h6-8H,3-5H2,1-2H3,(H2,16,17). The number of nitrogens with two attached hydrogens (primary N) is 1. The maximum atomic E-state index is 13.9. The van der Waals surface area contributed by atoms with Crippen molar-refractivity contribution in [2.24, 2.45) is 0 Å². The Bertz CT molecular complexity index is 563. The van der Waals surface area contributed by atoms with Gasteiger partial charge in [-0.25, -0.2) is 13.8 Å². The van der Waals surface area contributed by atoms with Crippen LogP contribution in [0.4, 0.5) is 14.7 Å². The zero-order valence-corrected chi connectivity index (χ0v) is 10.6. The van der Waals surface area contributed by atoms with Gasteiger partial charge in [0.15, 0.2) is 11.6 Å². The first-order valence-corrected chi connectivity index (χ1v) is 6.17. The second-order valence-electron chi connectivity index (χ2n) is 4.56. The smallest absolute Gasteiger partial charge is 0.201 e. The average molecular weight is 253 g/mol. The number of hydrogen-bond acceptors (Lipinski definition) is 2. The van der Waals surface area contributed by atoms with Crippen molar-refractivity contribution in [1.82, 2.24) is 9.55 Å². The molecule has 0 aliphatic rings. The molecule has 1 unspecified atom stereocenters. The minimum absolute atomic E-state index is 0.00579. The van der Waals surface area contributed by atoms with Gasteiger partial charge in [-0.3, -0.25) is 0 Å². The summed E-state index contributed by atoms with van der Waals surface area (Å²) in [5, 5.41) is 0. The van der Waals surface area contributed by atoms with E-state index in [1.54, 1.807) is 4.57 Å². The van der Waals surface area contributed by atoms with Gasteiger partial charge in [-0.15, -0.1) is 0 Å². The molecule has 1 aromatic carbocycles. The van der Waals surface area contributed by atoms with E-state index in [0.29, 0.717) is 5.52 Å². The van der Waals surface area contributed by atoms with Crippen molar-refractivity contribution in [3.05, 3.63) is 23.8 Å². The van der Waals surface area contributed by atoms with Gasteiger partial charge in [0.25, 0.3) is 0 Å². The topological polar surface area (TPSA) is 43.8 Å². The van der Waals surface area contributed by atoms with E-state index in [1.165, 1.54) is 6.07 Å². The molecule has 0 bridgehead atoms. The van der Waals surface area contributed by atoms with E-state index >= 15 is 0 Å². The fraction of sp³-hybridized carbons (Fsp3) is 0.462. The van der Waals surface area contributed by atoms with E-state index in [2.05, 4.69) is 11.9 Å². The Morgan fingerprint density at radius 3 is 2.78 bits per heavy atom. The summed E-state index contributed by atoms with van der Waals surface area (Å²) in [4.78, 5) is 4.08. The second kappa shape index (κ2) is 4.92. The lowest BCUT2D eigenvalue weighted by Crippen LogP contribution is -2.10. The van der Waals surface area contributed by atoms with Crippen molar-refractivity contribution >= 4 is 17.0 Å². The number of hydrogen-bond donors (Lipinski definition) is 1. The minimum Gasteiger partial charge on any atom is -0.369 e. The Balaban J connectivity index is 2.55. The molecule has 0 aliphatic heterocycles. The molecule has 0 saturated heterocycles. The van der Waals surface area contributed by atoms with Crippen molar-refractivity contribution in [3.63, 3.8) is 0 Å². The van der Waals surface area contributed by atoms with E-state index < -0.39 is 11.6 Å². The molecule has 0 saturated carbocycles. The lowest BCUT2D eigenvalue weighted by molar-refractivity contribution is 0.480. The minimum atomic E-state index is -0.875. The van der Waals surface area contributed by atoms with E-state index in [1.807, 2.05) is 6.92 Å². The van der Waals surface area contributed by atoms with Gasteiger partial charge in [0.2, 0.25) is 5.95 Å². The molecule has 0 amide bonds. The molecule has 18 heavy (non-hydrogen) atoms. The number of benzene rings is 1. The van der Waals surface area contributed by atoms with E-state index in [-0.39, 0.29) is 17.5 Å². The fourth-order valence-electron chi connectivity index (χ4n) is 2.22. The molecule has 5 heteroatoms. The van der Waals surface area contributed by atoms with Gasteiger partial charge in [0.05, 0.1) is 5.52 Å². The number of aromatic nitrogens is 2. The Hall–Kier alpha value is -1.65. The zero-order chi connectivity index (χ0) is 13.3. The highest BCUT2D eigenvalue weighted by molar-refractivity contribution is 5.79. The molecule has 0 aliphatic carbocycles. The Morgan fingerprint density at radius 2 is 2.11 bits per heavy atom. The summed E-state index contributed by atoms with van der Waals surface area (Å²) in [7, 11) is 0. The van der Waals surface area contributed by atoms with E-state index in [0.717, 1.165) is 25.3 Å². The van der Waals surface area contributed by atoms with Crippen molar-refractivity contribution in [2.75, 3.05) is 5.73 Å². The maximum Gasteiger partial charge on any atom is 0.201 e. The van der Waals surface area contributed by atoms with Crippen LogP contribution in [0.1, 0.15) is 39.2 Å². The lowest BCUT2D eigenvalue weighted by atomic mass is 10.1. The predicted octanol–water partition coefficient (Wildman–Crippen LogP) is 3.65. The number of halogens is 2. The van der Waals surface area contributed by atoms with Crippen LogP contribution < -0.4 is 5.73 Å². The molecule has 2 N–H and O–H groups in total. The molecule has 3 nitrogen and oxygen atoms in total. The quantitative estimate of drug-likeness (QED) is 0.903. The third-order valence-corrected chi connectivity index (χ3v) is 3.19. The van der Waals surface area contributed by atoms with E-state index in [4.69, 9.17) is 5.73 Å². The second-order valence-corrected chi connectivity index (χ2v) is 4.56. The summed E-state index contributed by atoms with van der Waals surface area (Å²) < 4.78 is 28.7. The van der Waals surface area contributed by atoms with Crippen LogP contribution in [0.3, 0.4) is 0 Å². The van der Waals surface area contributed by atoms with Crippen LogP contribution in [0.15, 0.2) is 12.1 Å². The van der Waals surface area contributed by atoms with Crippen LogP contribution in [0.25, 0.3) is 11.0 Å². The monoisotopic (exact) mass is 253 g/mol. The lowest BCUT2D eigenvalue weighted by Gasteiger charge is -2.15. The van der Waals surface area contributed by atoms with Crippen molar-refractivity contribution in [1.29, 1.82) is 0 Å². The van der Waals surface area contributed by atoms with Crippen molar-refractivity contribution < 1.29 is 8.78 Å². The molecule has 0 radical (unpaired) electrons. The molecule has 2 aromatic rings. The Labute approximate surface area is 105 Å². The summed E-state index contributed by atoms with van der Waals surface area (Å²) in [5.41, 5.74) is 6.37. The highest BCUT2D eigenvalue weighted by Gasteiger charge is 2.19. The fourth-order valence-corrected chi connectivity index (χ4v) is 2.22. The third-order valence-electron chi connectivity index (χ3n) is 3.19. The first kappa shape index (κ1) is 12.8. The van der Waals surface area contributed by atoms with Gasteiger partial charge in [0, 0.05) is 6.04 Å². The number of imidazole rings is 1. The van der Waals surface area contributed by atoms with Crippen molar-refractivity contribution in [2.45, 2.75) is 39.2 Å². The van der Waals surface area contributed by atoms with Crippen molar-refractivity contribution in [3.8, 4) is 0 Å². The van der Waals surface area contributed by atoms with Crippen LogP contribution in [0.2, 0.25) is 0 Å². The van der Waals surface area contributed by atoms with Gasteiger partial charge in [0.1, 0.15) is 5.52 Å². The van der Waals surface area contributed by atoms with Gasteiger partial charge in [-0.05, 0) is 25.5 Å². The molecule has 1 atom stereocenters. The number of fused-ring (bicyclic) bond motifs is 1. The first-order chi connectivity index (χ1) is 8.56. The first-order valence-electron chi connectivity index (χ1n) is 6.17. The molecule has 1 heterocycles. The molecule has 98 valence electrons. The Kier molecular flexibility index (Phi) is 3.50. The van der Waals surface area contributed by atoms with Gasteiger partial charge >= 0.3 is 0 Å². The maximum absolute atomic E-state index is 13.9. The average Bonchev–Trinajstić information content (AvgIpc) is 2.68. The van der Waals surface area contributed by atoms with E-state index in [9.17, 15) is 8.78 Å². The van der Waals surface area contributed by atoms with Gasteiger partial charge < -0.3 is 10.3 Å². The normalized spacial score (nSPS) is 13.1. The van der Waals surface area contributed by atoms with Gasteiger partial charge in [-0.1, -0.05) is 19.8 Å². The summed E-state index contributed by atoms with van der Waals surface area (Å²) in [6, 6.07) is 2.53. The highest BCUT2D eigenvalue weighted by atomic mass is 19.2. The van der Waals surface area contributed by atoms with Gasteiger partial charge in [-0.2, -0.15) is 0 Å². The van der Waals surface area contributed by atoms with Crippen LogP contribution >= 0.6 is 0 Å². The number of nitrogens with zero attached hydrogens (tertiary/aromatic N) is 2. The van der Waals surface area contributed by atoms with Crippen LogP contribution in [0.5, 0.6) is 0 Å². The summed E-state index contributed by atoms with van der Waals surface area (Å²) in [5.74, 6) is -1.51. The molecule has 0 spiro atoms. The predicted molar refractivity (Wildman–Crippen MR) is 68.3 cm³/mol. The third kappa shape index (κ3) is 2.05. The molecular weight excluding hydrogens is 236 g/mol. The molecule has 2 rings (SSSR count). The van der Waals surface area contributed by atoms with Crippen LogP contribution in [-0.4, -0.2) is 9.55 Å². The number of rotatable bonds is 4. The number of anilines is 1. The summed E-state index contributed by atoms with van der Waals surface area (Å²) in [6.45, 7) is 4.03. The molecule has 0 fully saturated rings. The Morgan fingerprint density at radius 1 is 1.39 bits per heavy atom. The number of nitrogen functional groups attached to an aromatic ring is 1. The largest absolute Gasteiger partial charge is 0.369 e. The SMILES string of the molecule is CCCCC(C)n1c(N)nc2ccc(F)c(F)c21. The van der Waals surface area contributed by atoms with Crippen LogP contribution in [-0.2, 0) is 0 Å². The molecule has 1 aromatic heterocycles. The zero-order valence-electron chi connectivity index (χ0n) is 10.6.